The lowest BCUT2D eigenvalue weighted by atomic mass is 9.98. The molecule has 1 atom stereocenters. The average molecular weight is 288 g/mol. The molecule has 0 saturated carbocycles. The molecule has 2 heterocycles. The number of nitrogens with one attached hydrogen (secondary N) is 1. The van der Waals surface area contributed by atoms with Gasteiger partial charge < -0.3 is 15.0 Å². The fraction of sp³-hybridized carbons (Fsp3) is 0.588. The Morgan fingerprint density at radius 3 is 2.43 bits per heavy atom. The van der Waals surface area contributed by atoms with Gasteiger partial charge in [-0.25, -0.2) is 0 Å². The second-order valence-electron chi connectivity index (χ2n) is 7.37. The molecule has 4 nitrogen and oxygen atoms in total. The standard InChI is InChI=1S/C17H24N2O2/c1-16(2)10-19(11-17(3,4)21-16)15(20)14-9-12-7-5-6-8-13(12)18-14/h5-8,14,18H,9-11H2,1-4H3. The van der Waals surface area contributed by atoms with Crippen LogP contribution in [0.25, 0.3) is 0 Å². The summed E-state index contributed by atoms with van der Waals surface area (Å²) in [7, 11) is 0. The summed E-state index contributed by atoms with van der Waals surface area (Å²) in [5.41, 5.74) is 1.71. The molecule has 2 aliphatic heterocycles. The maximum absolute atomic E-state index is 12.9. The first-order valence-electron chi connectivity index (χ1n) is 7.59. The zero-order valence-electron chi connectivity index (χ0n) is 13.3. The third-order valence-electron chi connectivity index (χ3n) is 4.08. The molecule has 1 amide bonds. The summed E-state index contributed by atoms with van der Waals surface area (Å²) in [6.07, 6.45) is 0.771. The molecule has 21 heavy (non-hydrogen) atoms. The molecule has 1 unspecified atom stereocenters. The van der Waals surface area contributed by atoms with Gasteiger partial charge in [-0.2, -0.15) is 0 Å². The highest BCUT2D eigenvalue weighted by Gasteiger charge is 2.42. The number of anilines is 1. The Morgan fingerprint density at radius 1 is 1.19 bits per heavy atom. The predicted molar refractivity (Wildman–Crippen MR) is 83.4 cm³/mol. The molecule has 0 aliphatic carbocycles. The van der Waals surface area contributed by atoms with Crippen molar-refractivity contribution in [3.05, 3.63) is 29.8 Å². The van der Waals surface area contributed by atoms with E-state index in [2.05, 4.69) is 11.4 Å². The van der Waals surface area contributed by atoms with Crippen molar-refractivity contribution in [1.82, 2.24) is 4.90 Å². The summed E-state index contributed by atoms with van der Waals surface area (Å²) in [6.45, 7) is 9.47. The monoisotopic (exact) mass is 288 g/mol. The van der Waals surface area contributed by atoms with Crippen LogP contribution in [0, 0.1) is 0 Å². The topological polar surface area (TPSA) is 41.6 Å². The highest BCUT2D eigenvalue weighted by atomic mass is 16.5. The first-order valence-corrected chi connectivity index (χ1v) is 7.59. The number of benzene rings is 1. The first-order chi connectivity index (χ1) is 9.76. The SMILES string of the molecule is CC1(C)CN(C(=O)C2Cc3ccccc3N2)CC(C)(C)O1. The third kappa shape index (κ3) is 2.91. The van der Waals surface area contributed by atoms with Crippen LogP contribution < -0.4 is 5.32 Å². The van der Waals surface area contributed by atoms with Gasteiger partial charge in [-0.1, -0.05) is 18.2 Å². The number of carbonyl (C=O) groups excluding carboxylic acids is 1. The molecule has 4 heteroatoms. The van der Waals surface area contributed by atoms with Crippen molar-refractivity contribution in [2.45, 2.75) is 51.4 Å². The highest BCUT2D eigenvalue weighted by molar-refractivity contribution is 5.87. The van der Waals surface area contributed by atoms with Gasteiger partial charge in [0.2, 0.25) is 5.91 Å². The van der Waals surface area contributed by atoms with Gasteiger partial charge in [0.25, 0.3) is 0 Å². The van der Waals surface area contributed by atoms with Gasteiger partial charge in [0.15, 0.2) is 0 Å². The molecular formula is C17H24N2O2. The molecule has 0 bridgehead atoms. The highest BCUT2D eigenvalue weighted by Crippen LogP contribution is 2.31. The number of nitrogens with zero attached hydrogens (tertiary/aromatic N) is 1. The molecule has 0 aromatic heterocycles. The smallest absolute Gasteiger partial charge is 0.245 e. The molecular weight excluding hydrogens is 264 g/mol. The van der Waals surface area contributed by atoms with Crippen molar-refractivity contribution in [1.29, 1.82) is 0 Å². The molecule has 1 saturated heterocycles. The lowest BCUT2D eigenvalue weighted by molar-refractivity contribution is -0.188. The van der Waals surface area contributed by atoms with Crippen LogP contribution in [0.1, 0.15) is 33.3 Å². The van der Waals surface area contributed by atoms with Crippen LogP contribution >= 0.6 is 0 Å². The van der Waals surface area contributed by atoms with Gasteiger partial charge in [0.1, 0.15) is 6.04 Å². The number of carbonyl (C=O) groups is 1. The summed E-state index contributed by atoms with van der Waals surface area (Å²) >= 11 is 0. The van der Waals surface area contributed by atoms with Crippen molar-refractivity contribution < 1.29 is 9.53 Å². The summed E-state index contributed by atoms with van der Waals surface area (Å²) in [5.74, 6) is 0.177. The van der Waals surface area contributed by atoms with E-state index in [0.717, 1.165) is 12.1 Å². The van der Waals surface area contributed by atoms with Crippen molar-refractivity contribution >= 4 is 11.6 Å². The molecule has 2 aliphatic rings. The number of fused-ring (bicyclic) bond motifs is 1. The normalized spacial score (nSPS) is 26.1. The number of rotatable bonds is 1. The second kappa shape index (κ2) is 4.73. The second-order valence-corrected chi connectivity index (χ2v) is 7.37. The summed E-state index contributed by atoms with van der Waals surface area (Å²) < 4.78 is 6.05. The Balaban J connectivity index is 1.75. The van der Waals surface area contributed by atoms with Crippen LogP contribution in [-0.4, -0.2) is 41.1 Å². The lowest BCUT2D eigenvalue weighted by Gasteiger charge is -2.47. The first kappa shape index (κ1) is 14.4. The Morgan fingerprint density at radius 2 is 1.81 bits per heavy atom. The van der Waals surface area contributed by atoms with E-state index in [1.54, 1.807) is 0 Å². The summed E-state index contributed by atoms with van der Waals surface area (Å²) in [6, 6.07) is 8.00. The minimum absolute atomic E-state index is 0.146. The Hall–Kier alpha value is -1.55. The van der Waals surface area contributed by atoms with Crippen LogP contribution in [0.4, 0.5) is 5.69 Å². The van der Waals surface area contributed by atoms with E-state index in [9.17, 15) is 4.79 Å². The fourth-order valence-electron chi connectivity index (χ4n) is 3.61. The predicted octanol–water partition coefficient (Wildman–Crippen LogP) is 2.44. The summed E-state index contributed by atoms with van der Waals surface area (Å²) in [5, 5.41) is 3.35. The number of morpholine rings is 1. The van der Waals surface area contributed by atoms with Gasteiger partial charge in [-0.3, -0.25) is 4.79 Å². The Bertz CT molecular complexity index is 525. The van der Waals surface area contributed by atoms with Gasteiger partial charge in [-0.15, -0.1) is 0 Å². The van der Waals surface area contributed by atoms with Crippen LogP contribution in [-0.2, 0) is 16.0 Å². The zero-order valence-corrected chi connectivity index (χ0v) is 13.3. The van der Waals surface area contributed by atoms with Crippen molar-refractivity contribution in [2.75, 3.05) is 18.4 Å². The quantitative estimate of drug-likeness (QED) is 0.863. The van der Waals surface area contributed by atoms with Crippen molar-refractivity contribution in [3.63, 3.8) is 0 Å². The maximum Gasteiger partial charge on any atom is 0.245 e. The van der Waals surface area contributed by atoms with E-state index in [1.165, 1.54) is 5.56 Å². The number of amides is 1. The molecule has 1 aromatic carbocycles. The van der Waals surface area contributed by atoms with Crippen molar-refractivity contribution in [2.24, 2.45) is 0 Å². The number of hydrogen-bond donors (Lipinski definition) is 1. The van der Waals surface area contributed by atoms with Crippen molar-refractivity contribution in [3.8, 4) is 0 Å². The maximum atomic E-state index is 12.9. The van der Waals surface area contributed by atoms with Crippen LogP contribution in [0.15, 0.2) is 24.3 Å². The van der Waals surface area contributed by atoms with E-state index in [-0.39, 0.29) is 23.2 Å². The third-order valence-corrected chi connectivity index (χ3v) is 4.08. The number of hydrogen-bond acceptors (Lipinski definition) is 3. The van der Waals surface area contributed by atoms with Gasteiger partial charge in [0, 0.05) is 25.2 Å². The van der Waals surface area contributed by atoms with E-state index >= 15 is 0 Å². The van der Waals surface area contributed by atoms with Gasteiger partial charge in [0.05, 0.1) is 11.2 Å². The average Bonchev–Trinajstić information content (AvgIpc) is 2.77. The van der Waals surface area contributed by atoms with E-state index in [1.807, 2.05) is 50.8 Å². The van der Waals surface area contributed by atoms with E-state index in [4.69, 9.17) is 4.74 Å². The van der Waals surface area contributed by atoms with Gasteiger partial charge in [-0.05, 0) is 39.3 Å². The largest absolute Gasteiger partial charge is 0.373 e. The lowest BCUT2D eigenvalue weighted by Crippen LogP contribution is -2.60. The van der Waals surface area contributed by atoms with Crippen LogP contribution in [0.3, 0.4) is 0 Å². The van der Waals surface area contributed by atoms with E-state index < -0.39 is 0 Å². The molecule has 0 radical (unpaired) electrons. The molecule has 114 valence electrons. The minimum Gasteiger partial charge on any atom is -0.373 e. The van der Waals surface area contributed by atoms with Crippen LogP contribution in [0.2, 0.25) is 0 Å². The van der Waals surface area contributed by atoms with Crippen LogP contribution in [0.5, 0.6) is 0 Å². The molecule has 1 fully saturated rings. The fourth-order valence-corrected chi connectivity index (χ4v) is 3.61. The minimum atomic E-state index is -0.303. The zero-order chi connectivity index (χ0) is 15.3. The molecule has 0 spiro atoms. The Kier molecular flexibility index (Phi) is 3.24. The number of para-hydroxylation sites is 1. The molecule has 1 aromatic rings. The number of ether oxygens (including phenoxy) is 1. The van der Waals surface area contributed by atoms with Gasteiger partial charge >= 0.3 is 0 Å². The van der Waals surface area contributed by atoms with E-state index in [0.29, 0.717) is 13.1 Å². The molecule has 3 rings (SSSR count). The Labute approximate surface area is 126 Å². The molecule has 1 N–H and O–H groups in total. The summed E-state index contributed by atoms with van der Waals surface area (Å²) in [4.78, 5) is 14.8.